The molecule has 0 spiro atoms. The molecule has 0 saturated carbocycles. The highest BCUT2D eigenvalue weighted by Crippen LogP contribution is 2.34. The molecule has 0 fully saturated rings. The van der Waals surface area contributed by atoms with Gasteiger partial charge in [0.25, 0.3) is 0 Å². The first-order valence-electron chi connectivity index (χ1n) is 6.69. The molecule has 20 heavy (non-hydrogen) atoms. The van der Waals surface area contributed by atoms with Crippen LogP contribution in [0.25, 0.3) is 0 Å². The Morgan fingerprint density at radius 2 is 2.00 bits per heavy atom. The zero-order chi connectivity index (χ0) is 14.1. The van der Waals surface area contributed by atoms with Crippen LogP contribution < -0.4 is 4.90 Å². The molecule has 2 aromatic rings. The van der Waals surface area contributed by atoms with Gasteiger partial charge in [0.05, 0.1) is 29.8 Å². The molecule has 0 unspecified atom stereocenters. The largest absolute Gasteiger partial charge is 0.463 e. The monoisotopic (exact) mass is 268 g/mol. The molecule has 0 saturated heterocycles. The number of rotatable bonds is 2. The van der Waals surface area contributed by atoms with E-state index in [1.807, 2.05) is 44.2 Å². The zero-order valence-corrected chi connectivity index (χ0v) is 11.5. The summed E-state index contributed by atoms with van der Waals surface area (Å²) in [5.74, 6) is 0.693. The second-order valence-corrected chi connectivity index (χ2v) is 5.06. The Hall–Kier alpha value is -2.36. The molecular formula is C16H16N2O2. The van der Waals surface area contributed by atoms with E-state index in [4.69, 9.17) is 4.42 Å². The number of amides is 1. The number of nitrogens with zero attached hydrogens (tertiary/aromatic N) is 2. The van der Waals surface area contributed by atoms with Crippen molar-refractivity contribution in [1.82, 2.24) is 0 Å². The summed E-state index contributed by atoms with van der Waals surface area (Å²) in [6, 6.07) is 11.4. The molecule has 0 bridgehead atoms. The summed E-state index contributed by atoms with van der Waals surface area (Å²) in [4.78, 5) is 19.0. The Morgan fingerprint density at radius 3 is 2.70 bits per heavy atom. The van der Waals surface area contributed by atoms with E-state index in [1.165, 1.54) is 0 Å². The van der Waals surface area contributed by atoms with E-state index < -0.39 is 0 Å². The first-order chi connectivity index (χ1) is 9.66. The fourth-order valence-electron chi connectivity index (χ4n) is 2.46. The highest BCUT2D eigenvalue weighted by atomic mass is 16.3. The number of anilines is 1. The van der Waals surface area contributed by atoms with Gasteiger partial charge in [-0.15, -0.1) is 0 Å². The molecular weight excluding hydrogens is 252 g/mol. The summed E-state index contributed by atoms with van der Waals surface area (Å²) in [5.41, 5.74) is 2.34. The topological polar surface area (TPSA) is 45.8 Å². The van der Waals surface area contributed by atoms with Gasteiger partial charge in [-0.1, -0.05) is 12.1 Å². The summed E-state index contributed by atoms with van der Waals surface area (Å²) in [6.45, 7) is 4.01. The van der Waals surface area contributed by atoms with Crippen molar-refractivity contribution >= 4 is 23.0 Å². The highest BCUT2D eigenvalue weighted by molar-refractivity contribution is 6.16. The van der Waals surface area contributed by atoms with Gasteiger partial charge in [-0.25, -0.2) is 4.99 Å². The molecule has 0 aliphatic carbocycles. The second-order valence-electron chi connectivity index (χ2n) is 5.06. The molecule has 3 rings (SSSR count). The molecule has 0 N–H and O–H groups in total. The third-order valence-electron chi connectivity index (χ3n) is 3.31. The van der Waals surface area contributed by atoms with E-state index in [9.17, 15) is 4.79 Å². The summed E-state index contributed by atoms with van der Waals surface area (Å²) < 4.78 is 5.39. The number of fused-ring (bicyclic) bond motifs is 1. The number of carbonyl (C=O) groups is 1. The van der Waals surface area contributed by atoms with Crippen molar-refractivity contribution in [2.24, 2.45) is 4.99 Å². The van der Waals surface area contributed by atoms with Gasteiger partial charge in [-0.3, -0.25) is 4.79 Å². The average molecular weight is 268 g/mol. The van der Waals surface area contributed by atoms with Crippen LogP contribution >= 0.6 is 0 Å². The van der Waals surface area contributed by atoms with E-state index >= 15 is 0 Å². The number of aliphatic imine (C=N–C) groups is 1. The number of carbonyl (C=O) groups excluding carboxylic acids is 1. The van der Waals surface area contributed by atoms with E-state index in [-0.39, 0.29) is 18.4 Å². The van der Waals surface area contributed by atoms with Crippen LogP contribution in [0, 0.1) is 0 Å². The minimum Gasteiger partial charge on any atom is -0.463 e. The summed E-state index contributed by atoms with van der Waals surface area (Å²) in [6.07, 6.45) is 1.85. The van der Waals surface area contributed by atoms with Crippen LogP contribution in [0.5, 0.6) is 0 Å². The summed E-state index contributed by atoms with van der Waals surface area (Å²) in [5, 5.41) is 0. The maximum absolute atomic E-state index is 12.5. The van der Waals surface area contributed by atoms with E-state index in [1.54, 1.807) is 17.2 Å². The van der Waals surface area contributed by atoms with Gasteiger partial charge in [-0.2, -0.15) is 0 Å². The lowest BCUT2D eigenvalue weighted by Gasteiger charge is -2.26. The Morgan fingerprint density at radius 1 is 1.20 bits per heavy atom. The van der Waals surface area contributed by atoms with Crippen molar-refractivity contribution in [2.45, 2.75) is 26.3 Å². The molecule has 1 amide bonds. The average Bonchev–Trinajstić information content (AvgIpc) is 2.89. The smallest absolute Gasteiger partial charge is 0.233 e. The van der Waals surface area contributed by atoms with Crippen molar-refractivity contribution in [3.05, 3.63) is 48.4 Å². The maximum Gasteiger partial charge on any atom is 0.233 e. The van der Waals surface area contributed by atoms with Crippen LogP contribution in [0.15, 0.2) is 52.1 Å². The Labute approximate surface area is 117 Å². The van der Waals surface area contributed by atoms with Crippen molar-refractivity contribution in [2.75, 3.05) is 4.90 Å². The molecule has 0 radical (unpaired) electrons. The van der Waals surface area contributed by atoms with Gasteiger partial charge < -0.3 is 9.32 Å². The third kappa shape index (κ3) is 2.13. The summed E-state index contributed by atoms with van der Waals surface area (Å²) >= 11 is 0. The Kier molecular flexibility index (Phi) is 3.14. The van der Waals surface area contributed by atoms with E-state index in [0.29, 0.717) is 11.5 Å². The highest BCUT2D eigenvalue weighted by Gasteiger charge is 2.27. The predicted octanol–water partition coefficient (Wildman–Crippen LogP) is 3.55. The van der Waals surface area contributed by atoms with Crippen LogP contribution in [0.4, 0.5) is 11.4 Å². The second kappa shape index (κ2) is 4.96. The lowest BCUT2D eigenvalue weighted by atomic mass is 10.1. The fourth-order valence-corrected chi connectivity index (χ4v) is 2.46. The maximum atomic E-state index is 12.5. The van der Waals surface area contributed by atoms with Crippen molar-refractivity contribution in [3.8, 4) is 0 Å². The van der Waals surface area contributed by atoms with Gasteiger partial charge in [-0.05, 0) is 38.1 Å². The minimum absolute atomic E-state index is 0.0418. The quantitative estimate of drug-likeness (QED) is 0.836. The normalized spacial score (nSPS) is 15.1. The fraction of sp³-hybridized carbons (Fsp3) is 0.250. The summed E-state index contributed by atoms with van der Waals surface area (Å²) in [7, 11) is 0. The van der Waals surface area contributed by atoms with Crippen LogP contribution in [0.2, 0.25) is 0 Å². The zero-order valence-electron chi connectivity index (χ0n) is 11.5. The predicted molar refractivity (Wildman–Crippen MR) is 78.6 cm³/mol. The molecule has 1 aliphatic heterocycles. The number of furan rings is 1. The molecule has 4 heteroatoms. The van der Waals surface area contributed by atoms with Gasteiger partial charge in [0.15, 0.2) is 0 Å². The first-order valence-corrected chi connectivity index (χ1v) is 6.69. The van der Waals surface area contributed by atoms with Crippen LogP contribution in [0.1, 0.15) is 26.0 Å². The van der Waals surface area contributed by atoms with Crippen LogP contribution in [0.3, 0.4) is 0 Å². The molecule has 0 atom stereocenters. The van der Waals surface area contributed by atoms with E-state index in [2.05, 4.69) is 4.99 Å². The lowest BCUT2D eigenvalue weighted by Crippen LogP contribution is -2.37. The third-order valence-corrected chi connectivity index (χ3v) is 3.31. The van der Waals surface area contributed by atoms with E-state index in [0.717, 1.165) is 11.4 Å². The molecule has 1 aromatic carbocycles. The molecule has 1 aromatic heterocycles. The van der Waals surface area contributed by atoms with Crippen molar-refractivity contribution in [1.29, 1.82) is 0 Å². The number of hydrogen-bond donors (Lipinski definition) is 0. The minimum atomic E-state index is 0.0418. The van der Waals surface area contributed by atoms with Gasteiger partial charge in [0, 0.05) is 6.04 Å². The lowest BCUT2D eigenvalue weighted by molar-refractivity contribution is -0.117. The standard InChI is InChI=1S/C16H16N2O2/c1-11(2)18-14-7-4-3-6-12(14)17-13(10-16(18)19)15-8-5-9-20-15/h3-9,11H,10H2,1-2H3. The SMILES string of the molecule is CC(C)N1C(=O)CC(c2ccco2)=Nc2ccccc21. The number of para-hydroxylation sites is 2. The molecule has 4 nitrogen and oxygen atoms in total. The van der Waals surface area contributed by atoms with Crippen molar-refractivity contribution in [3.63, 3.8) is 0 Å². The Balaban J connectivity index is 2.14. The van der Waals surface area contributed by atoms with Crippen LogP contribution in [-0.4, -0.2) is 17.7 Å². The van der Waals surface area contributed by atoms with Crippen LogP contribution in [-0.2, 0) is 4.79 Å². The number of hydrogen-bond acceptors (Lipinski definition) is 3. The molecule has 102 valence electrons. The first kappa shape index (κ1) is 12.7. The Bertz CT molecular complexity index is 657. The van der Waals surface area contributed by atoms with Gasteiger partial charge >= 0.3 is 0 Å². The van der Waals surface area contributed by atoms with Gasteiger partial charge in [0.1, 0.15) is 5.76 Å². The van der Waals surface area contributed by atoms with Crippen molar-refractivity contribution < 1.29 is 9.21 Å². The molecule has 1 aliphatic rings. The molecule has 2 heterocycles. The number of benzene rings is 1. The van der Waals surface area contributed by atoms with Gasteiger partial charge in [0.2, 0.25) is 5.91 Å².